The Hall–Kier alpha value is -3.22. The molecular weight excluding hydrogens is 482 g/mol. The molecule has 0 unspecified atom stereocenters. The molecule has 3 heterocycles. The molecule has 1 aromatic heterocycles. The molecule has 204 valence electrons. The summed E-state index contributed by atoms with van der Waals surface area (Å²) in [5.74, 6) is 1.86. The average Bonchev–Trinajstić information content (AvgIpc) is 3.44. The number of carbonyl (C=O) groups excluding carboxylic acids is 1. The molecule has 3 fully saturated rings. The normalized spacial score (nSPS) is 25.0. The number of benzene rings is 1. The Kier molecular flexibility index (Phi) is 9.84. The van der Waals surface area contributed by atoms with E-state index in [0.29, 0.717) is 30.6 Å². The van der Waals surface area contributed by atoms with E-state index in [1.807, 2.05) is 44.2 Å². The van der Waals surface area contributed by atoms with Crippen molar-refractivity contribution in [2.45, 2.75) is 25.0 Å². The van der Waals surface area contributed by atoms with Gasteiger partial charge >= 0.3 is 0 Å². The number of amides is 1. The molecule has 1 aromatic carbocycles. The summed E-state index contributed by atoms with van der Waals surface area (Å²) in [7, 11) is 6.08. The molecule has 3 aliphatic rings. The monoisotopic (exact) mass is 519 g/mol. The molecule has 1 amide bonds. The average molecular weight is 520 g/mol. The minimum absolute atomic E-state index is 0.0748. The topological polar surface area (TPSA) is 149 Å². The minimum atomic E-state index is -0.310. The van der Waals surface area contributed by atoms with Crippen LogP contribution in [-0.4, -0.2) is 119 Å². The van der Waals surface area contributed by atoms with Crippen molar-refractivity contribution < 1.29 is 34.4 Å². The number of rotatable bonds is 3. The molecule has 2 saturated heterocycles. The van der Waals surface area contributed by atoms with Crippen molar-refractivity contribution in [1.29, 1.82) is 0 Å². The number of fused-ring (bicyclic) bond motifs is 2. The molecule has 0 spiro atoms. The zero-order valence-electron chi connectivity index (χ0n) is 21.6. The van der Waals surface area contributed by atoms with Crippen molar-refractivity contribution in [3.05, 3.63) is 23.8 Å². The van der Waals surface area contributed by atoms with E-state index in [1.54, 1.807) is 0 Å². The first-order valence-corrected chi connectivity index (χ1v) is 12.3. The van der Waals surface area contributed by atoms with Gasteiger partial charge in [0.2, 0.25) is 5.95 Å². The lowest BCUT2D eigenvalue weighted by atomic mass is 9.77. The Morgan fingerprint density at radius 2 is 1.68 bits per heavy atom. The lowest BCUT2D eigenvalue weighted by Crippen LogP contribution is -2.46. The molecule has 37 heavy (non-hydrogen) atoms. The minimum Gasteiger partial charge on any atom is -0.483 e. The number of aromatic nitrogens is 2. The van der Waals surface area contributed by atoms with Crippen LogP contribution in [0.4, 0.5) is 5.95 Å². The van der Waals surface area contributed by atoms with Crippen LogP contribution in [0.25, 0.3) is 11.0 Å². The second-order valence-electron chi connectivity index (χ2n) is 9.78. The number of ether oxygens (including phenoxy) is 1. The number of anilines is 1. The lowest BCUT2D eigenvalue weighted by Gasteiger charge is -2.38. The molecular formula is C25H37N5O7. The van der Waals surface area contributed by atoms with Gasteiger partial charge in [0, 0.05) is 44.8 Å². The van der Waals surface area contributed by atoms with E-state index in [-0.39, 0.29) is 31.0 Å². The van der Waals surface area contributed by atoms with Gasteiger partial charge in [-0.2, -0.15) is 0 Å². The Bertz CT molecular complexity index is 1060. The first kappa shape index (κ1) is 28.4. The Balaban J connectivity index is 0.000000580. The van der Waals surface area contributed by atoms with Gasteiger partial charge < -0.3 is 39.3 Å². The number of likely N-dealkylation sites (N-methyl/N-ethyl adjacent to an activating group) is 1. The van der Waals surface area contributed by atoms with Crippen LogP contribution in [0.15, 0.2) is 18.2 Å². The van der Waals surface area contributed by atoms with E-state index in [4.69, 9.17) is 29.5 Å². The zero-order valence-corrected chi connectivity index (χ0v) is 21.6. The molecule has 5 rings (SSSR count). The predicted octanol–water partition coefficient (Wildman–Crippen LogP) is 0.585. The van der Waals surface area contributed by atoms with Crippen LogP contribution in [0.2, 0.25) is 0 Å². The highest BCUT2D eigenvalue weighted by atomic mass is 16.5. The summed E-state index contributed by atoms with van der Waals surface area (Å²) in [5.41, 5.74) is 2.59. The third-order valence-corrected chi connectivity index (χ3v) is 7.46. The summed E-state index contributed by atoms with van der Waals surface area (Å²) < 4.78 is 7.56. The van der Waals surface area contributed by atoms with E-state index in [2.05, 4.69) is 14.4 Å². The SMILES string of the molecule is CN(C)[C@@H]1C[C@@H]2CN(C(=O)c3ccc4c(c3)nc(N3CCOCC3)n4C)C[C@@H]2C[C@H]1O.O=CO.O=CO. The molecule has 2 aromatic rings. The van der Waals surface area contributed by atoms with E-state index < -0.39 is 0 Å². The number of aryl methyl sites for hydroxylation is 1. The van der Waals surface area contributed by atoms with Gasteiger partial charge in [-0.25, -0.2) is 4.98 Å². The molecule has 1 aliphatic carbocycles. The molecule has 0 radical (unpaired) electrons. The first-order valence-electron chi connectivity index (χ1n) is 12.3. The van der Waals surface area contributed by atoms with Gasteiger partial charge in [-0.1, -0.05) is 0 Å². The Morgan fingerprint density at radius 3 is 2.27 bits per heavy atom. The number of likely N-dealkylation sites (tertiary alicyclic amines) is 1. The van der Waals surface area contributed by atoms with Crippen molar-refractivity contribution in [2.75, 3.05) is 58.4 Å². The van der Waals surface area contributed by atoms with Crippen molar-refractivity contribution >= 4 is 35.8 Å². The van der Waals surface area contributed by atoms with Crippen molar-refractivity contribution in [3.63, 3.8) is 0 Å². The number of carbonyl (C=O) groups is 3. The van der Waals surface area contributed by atoms with Crippen LogP contribution in [0.5, 0.6) is 0 Å². The standard InChI is InChI=1S/C23H33N5O3.2CH2O2/c1-25(2)20-11-16-13-28(14-17(16)12-21(20)29)22(30)15-4-5-19-18(10-15)24-23(26(19)3)27-6-8-31-9-7-27;2*2-1-3/h4-5,10,16-17,20-21,29H,6-9,11-14H2,1-3H3;2*1H,(H,2,3)/t16-,17+,20-,21-;;/m1../s1. The van der Waals surface area contributed by atoms with Crippen molar-refractivity contribution in [1.82, 2.24) is 19.4 Å². The number of aliphatic hydroxyl groups excluding tert-OH is 1. The van der Waals surface area contributed by atoms with Crippen LogP contribution in [0, 0.1) is 11.8 Å². The fourth-order valence-electron chi connectivity index (χ4n) is 5.68. The van der Waals surface area contributed by atoms with Gasteiger partial charge in [0.15, 0.2) is 0 Å². The number of imidazole rings is 1. The molecule has 4 atom stereocenters. The Labute approximate surface area is 216 Å². The number of hydrogen-bond donors (Lipinski definition) is 3. The molecule has 12 nitrogen and oxygen atoms in total. The summed E-state index contributed by atoms with van der Waals surface area (Å²) in [6, 6.07) is 6.05. The van der Waals surface area contributed by atoms with Gasteiger partial charge in [-0.05, 0) is 57.0 Å². The maximum absolute atomic E-state index is 13.3. The van der Waals surface area contributed by atoms with Crippen LogP contribution in [0.1, 0.15) is 23.2 Å². The molecule has 12 heteroatoms. The summed E-state index contributed by atoms with van der Waals surface area (Å²) in [4.78, 5) is 41.2. The highest BCUT2D eigenvalue weighted by molar-refractivity contribution is 5.98. The zero-order chi connectivity index (χ0) is 27.1. The van der Waals surface area contributed by atoms with E-state index in [9.17, 15) is 9.90 Å². The molecule has 2 aliphatic heterocycles. The van der Waals surface area contributed by atoms with E-state index in [0.717, 1.165) is 56.0 Å². The van der Waals surface area contributed by atoms with E-state index in [1.165, 1.54) is 0 Å². The van der Waals surface area contributed by atoms with Crippen LogP contribution < -0.4 is 4.90 Å². The maximum atomic E-state index is 13.3. The number of carboxylic acid groups (broad SMARTS) is 2. The van der Waals surface area contributed by atoms with Crippen LogP contribution in [-0.2, 0) is 21.4 Å². The van der Waals surface area contributed by atoms with Gasteiger partial charge in [-0.3, -0.25) is 14.4 Å². The number of hydrogen-bond acceptors (Lipinski definition) is 8. The fraction of sp³-hybridized carbons (Fsp3) is 0.600. The highest BCUT2D eigenvalue weighted by Crippen LogP contribution is 2.38. The quantitative estimate of drug-likeness (QED) is 0.492. The number of aliphatic hydroxyl groups is 1. The van der Waals surface area contributed by atoms with E-state index >= 15 is 0 Å². The molecule has 1 saturated carbocycles. The second kappa shape index (κ2) is 12.8. The van der Waals surface area contributed by atoms with Crippen molar-refractivity contribution in [2.24, 2.45) is 18.9 Å². The summed E-state index contributed by atoms with van der Waals surface area (Å²) in [6.07, 6.45) is 1.42. The van der Waals surface area contributed by atoms with Gasteiger partial charge in [0.25, 0.3) is 18.9 Å². The number of morpholine rings is 1. The van der Waals surface area contributed by atoms with Gasteiger partial charge in [-0.15, -0.1) is 0 Å². The van der Waals surface area contributed by atoms with Gasteiger partial charge in [0.1, 0.15) is 0 Å². The number of nitrogens with zero attached hydrogens (tertiary/aromatic N) is 5. The summed E-state index contributed by atoms with van der Waals surface area (Å²) >= 11 is 0. The summed E-state index contributed by atoms with van der Waals surface area (Å²) in [5, 5.41) is 24.3. The third-order valence-electron chi connectivity index (χ3n) is 7.46. The molecule has 3 N–H and O–H groups in total. The second-order valence-corrected chi connectivity index (χ2v) is 9.78. The maximum Gasteiger partial charge on any atom is 0.290 e. The van der Waals surface area contributed by atoms with Crippen LogP contribution >= 0.6 is 0 Å². The summed E-state index contributed by atoms with van der Waals surface area (Å²) in [6.45, 7) is 4.11. The lowest BCUT2D eigenvalue weighted by molar-refractivity contribution is -0.123. The predicted molar refractivity (Wildman–Crippen MR) is 137 cm³/mol. The van der Waals surface area contributed by atoms with Crippen LogP contribution in [0.3, 0.4) is 0 Å². The third kappa shape index (κ3) is 6.38. The smallest absolute Gasteiger partial charge is 0.290 e. The van der Waals surface area contributed by atoms with Gasteiger partial charge in [0.05, 0.1) is 30.4 Å². The largest absolute Gasteiger partial charge is 0.483 e. The van der Waals surface area contributed by atoms with Crippen molar-refractivity contribution in [3.8, 4) is 0 Å². The fourth-order valence-corrected chi connectivity index (χ4v) is 5.68. The molecule has 0 bridgehead atoms. The first-order chi connectivity index (χ1) is 17.7. The Morgan fingerprint density at radius 1 is 1.08 bits per heavy atom. The highest BCUT2D eigenvalue weighted by Gasteiger charge is 2.43.